The van der Waals surface area contributed by atoms with Crippen molar-refractivity contribution in [2.75, 3.05) is 0 Å². The second-order valence-corrected chi connectivity index (χ2v) is 4.40. The molecule has 0 heterocycles. The van der Waals surface area contributed by atoms with Gasteiger partial charge in [0, 0.05) is 11.8 Å². The molecule has 0 unspecified atom stereocenters. The fourth-order valence-electron chi connectivity index (χ4n) is 2.33. The average molecular weight is 257 g/mol. The van der Waals surface area contributed by atoms with Gasteiger partial charge in [-0.1, -0.05) is 41.5 Å². The first-order chi connectivity index (χ1) is 9.22. The monoisotopic (exact) mass is 257 g/mol. The van der Waals surface area contributed by atoms with E-state index in [2.05, 4.69) is 16.1 Å². The van der Waals surface area contributed by atoms with Crippen LogP contribution in [0.4, 0.5) is 0 Å². The van der Waals surface area contributed by atoms with E-state index in [1.54, 1.807) is 0 Å². The third-order valence-corrected chi connectivity index (χ3v) is 3.09. The summed E-state index contributed by atoms with van der Waals surface area (Å²) in [5.74, 6) is -0.350. The van der Waals surface area contributed by atoms with Crippen LogP contribution in [0.2, 0.25) is 0 Å². The molecule has 2 atom stereocenters. The summed E-state index contributed by atoms with van der Waals surface area (Å²) in [5, 5.41) is 3.81. The zero-order valence-corrected chi connectivity index (χ0v) is 10.7. The van der Waals surface area contributed by atoms with Crippen LogP contribution < -0.4 is 0 Å². The number of carbonyl (C=O) groups excluding carboxylic acids is 1. The van der Waals surface area contributed by atoms with Crippen LogP contribution in [0.15, 0.2) is 41.5 Å². The van der Waals surface area contributed by atoms with Crippen LogP contribution >= 0.6 is 0 Å². The van der Waals surface area contributed by atoms with E-state index in [0.29, 0.717) is 6.42 Å². The third-order valence-electron chi connectivity index (χ3n) is 3.09. The lowest BCUT2D eigenvalue weighted by Gasteiger charge is -2.29. The topological polar surface area (TPSA) is 75.1 Å². The highest BCUT2D eigenvalue weighted by molar-refractivity contribution is 5.72. The predicted octanol–water partition coefficient (Wildman–Crippen LogP) is 3.47. The summed E-state index contributed by atoms with van der Waals surface area (Å²) in [6.45, 7) is 1.37. The summed E-state index contributed by atoms with van der Waals surface area (Å²) in [6, 6.07) is 9.25. The Morgan fingerprint density at radius 3 is 2.79 bits per heavy atom. The first-order valence-electron chi connectivity index (χ1n) is 6.19. The van der Waals surface area contributed by atoms with E-state index in [1.807, 2.05) is 30.3 Å². The molecule has 0 saturated heterocycles. The Balaban J connectivity index is 2.33. The molecular formula is C14H15N3O2. The quantitative estimate of drug-likeness (QED) is 0.360. The second-order valence-electron chi connectivity index (χ2n) is 4.40. The average Bonchev–Trinajstić information content (AvgIpc) is 2.41. The number of esters is 1. The Morgan fingerprint density at radius 2 is 2.16 bits per heavy atom. The normalized spacial score (nSPS) is 22.1. The maximum Gasteiger partial charge on any atom is 0.302 e. The molecule has 0 bridgehead atoms. The van der Waals surface area contributed by atoms with Crippen LogP contribution in [0.3, 0.4) is 0 Å². The molecule has 0 saturated carbocycles. The molecule has 5 nitrogen and oxygen atoms in total. The van der Waals surface area contributed by atoms with Gasteiger partial charge in [0.25, 0.3) is 0 Å². The van der Waals surface area contributed by atoms with E-state index >= 15 is 0 Å². The first-order valence-corrected chi connectivity index (χ1v) is 6.19. The number of hydrogen-bond acceptors (Lipinski definition) is 3. The Morgan fingerprint density at radius 1 is 1.42 bits per heavy atom. The van der Waals surface area contributed by atoms with Crippen LogP contribution in [0.1, 0.15) is 25.3 Å². The highest BCUT2D eigenvalue weighted by atomic mass is 16.5. The van der Waals surface area contributed by atoms with E-state index in [9.17, 15) is 4.79 Å². The Hall–Kier alpha value is -2.26. The van der Waals surface area contributed by atoms with Gasteiger partial charge in [0.2, 0.25) is 0 Å². The van der Waals surface area contributed by atoms with Gasteiger partial charge < -0.3 is 4.74 Å². The molecule has 0 spiro atoms. The lowest BCUT2D eigenvalue weighted by atomic mass is 9.87. The summed E-state index contributed by atoms with van der Waals surface area (Å²) in [7, 11) is 0. The maximum atomic E-state index is 11.1. The summed E-state index contributed by atoms with van der Waals surface area (Å²) in [6.07, 6.45) is 3.15. The van der Waals surface area contributed by atoms with Crippen molar-refractivity contribution in [3.8, 4) is 0 Å². The van der Waals surface area contributed by atoms with Crippen LogP contribution in [0, 0.1) is 0 Å². The number of ether oxygens (including phenoxy) is 1. The largest absolute Gasteiger partial charge is 0.462 e. The highest BCUT2D eigenvalue weighted by Crippen LogP contribution is 2.31. The van der Waals surface area contributed by atoms with Crippen molar-refractivity contribution in [3.63, 3.8) is 0 Å². The zero-order chi connectivity index (χ0) is 13.7. The molecule has 19 heavy (non-hydrogen) atoms. The molecular weight excluding hydrogens is 242 g/mol. The summed E-state index contributed by atoms with van der Waals surface area (Å²) < 4.78 is 5.26. The van der Waals surface area contributed by atoms with Crippen molar-refractivity contribution in [2.45, 2.75) is 31.9 Å². The van der Waals surface area contributed by atoms with E-state index in [-0.39, 0.29) is 12.1 Å². The molecule has 0 fully saturated rings. The molecule has 1 aromatic carbocycles. The SMILES string of the molecule is CC(=O)O[C@H]1CCC=C(c2ccccc2)[C@@H]1N=[N+]=[N-]. The number of nitrogens with zero attached hydrogens (tertiary/aromatic N) is 3. The Kier molecular flexibility index (Phi) is 4.21. The van der Waals surface area contributed by atoms with Crippen molar-refractivity contribution < 1.29 is 9.53 Å². The minimum absolute atomic E-state index is 0.350. The molecule has 0 radical (unpaired) electrons. The molecule has 1 aliphatic carbocycles. The number of rotatable bonds is 3. The molecule has 0 aliphatic heterocycles. The number of allylic oxidation sites excluding steroid dienone is 1. The van der Waals surface area contributed by atoms with Gasteiger partial charge in [-0.3, -0.25) is 4.79 Å². The first kappa shape index (κ1) is 13.2. The standard InChI is InChI=1S/C14H15N3O2/c1-10(18)19-13-9-5-8-12(14(13)16-17-15)11-6-3-2-4-7-11/h2-4,6-8,13-14H,5,9H2,1H3/t13-,14-/m0/s1. The Labute approximate surface area is 111 Å². The van der Waals surface area contributed by atoms with Gasteiger partial charge in [-0.05, 0) is 29.5 Å². The van der Waals surface area contributed by atoms with Gasteiger partial charge in [0.15, 0.2) is 0 Å². The summed E-state index contributed by atoms with van der Waals surface area (Å²) >= 11 is 0. The van der Waals surface area contributed by atoms with Gasteiger partial charge >= 0.3 is 5.97 Å². The number of carbonyl (C=O) groups is 1. The van der Waals surface area contributed by atoms with Crippen LogP contribution in [0.5, 0.6) is 0 Å². The van der Waals surface area contributed by atoms with E-state index in [1.165, 1.54) is 6.92 Å². The van der Waals surface area contributed by atoms with E-state index in [4.69, 9.17) is 10.3 Å². The van der Waals surface area contributed by atoms with E-state index < -0.39 is 6.04 Å². The smallest absolute Gasteiger partial charge is 0.302 e. The predicted molar refractivity (Wildman–Crippen MR) is 72.1 cm³/mol. The lowest BCUT2D eigenvalue weighted by molar-refractivity contribution is -0.147. The van der Waals surface area contributed by atoms with Gasteiger partial charge in [-0.15, -0.1) is 0 Å². The molecule has 0 aromatic heterocycles. The van der Waals surface area contributed by atoms with Crippen molar-refractivity contribution in [1.29, 1.82) is 0 Å². The Bertz CT molecular complexity index is 533. The molecule has 0 N–H and O–H groups in total. The van der Waals surface area contributed by atoms with Crippen molar-refractivity contribution in [1.82, 2.24) is 0 Å². The summed E-state index contributed by atoms with van der Waals surface area (Å²) in [5.41, 5.74) is 10.6. The van der Waals surface area contributed by atoms with Crippen molar-refractivity contribution in [2.24, 2.45) is 5.11 Å². The van der Waals surface area contributed by atoms with Crippen LogP contribution in [0.25, 0.3) is 16.0 Å². The van der Waals surface area contributed by atoms with Crippen molar-refractivity contribution in [3.05, 3.63) is 52.4 Å². The van der Waals surface area contributed by atoms with E-state index in [0.717, 1.165) is 17.6 Å². The molecule has 1 aromatic rings. The second kappa shape index (κ2) is 6.07. The summed E-state index contributed by atoms with van der Waals surface area (Å²) in [4.78, 5) is 14.0. The lowest BCUT2D eigenvalue weighted by Crippen LogP contribution is -2.32. The highest BCUT2D eigenvalue weighted by Gasteiger charge is 2.30. The van der Waals surface area contributed by atoms with Gasteiger partial charge in [-0.2, -0.15) is 0 Å². The number of hydrogen-bond donors (Lipinski definition) is 0. The minimum Gasteiger partial charge on any atom is -0.462 e. The zero-order valence-electron chi connectivity index (χ0n) is 10.7. The third kappa shape index (κ3) is 3.14. The number of benzene rings is 1. The number of azide groups is 1. The fraction of sp³-hybridized carbons (Fsp3) is 0.357. The van der Waals surface area contributed by atoms with Crippen LogP contribution in [-0.2, 0) is 9.53 Å². The van der Waals surface area contributed by atoms with Gasteiger partial charge in [0.05, 0.1) is 6.04 Å². The fourth-order valence-corrected chi connectivity index (χ4v) is 2.33. The van der Waals surface area contributed by atoms with Crippen LogP contribution in [-0.4, -0.2) is 18.1 Å². The molecule has 2 rings (SSSR count). The minimum atomic E-state index is -0.454. The molecule has 5 heteroatoms. The molecule has 0 amide bonds. The van der Waals surface area contributed by atoms with Gasteiger partial charge in [0.1, 0.15) is 6.10 Å². The van der Waals surface area contributed by atoms with Crippen molar-refractivity contribution >= 4 is 11.5 Å². The molecule has 1 aliphatic rings. The maximum absolute atomic E-state index is 11.1. The van der Waals surface area contributed by atoms with Gasteiger partial charge in [-0.25, -0.2) is 0 Å². The molecule has 98 valence electrons.